The second-order valence-electron chi connectivity index (χ2n) is 11.4. The third-order valence-corrected chi connectivity index (χ3v) is 8.52. The highest BCUT2D eigenvalue weighted by molar-refractivity contribution is 5.86. The minimum absolute atomic E-state index is 0.0755. The van der Waals surface area contributed by atoms with E-state index in [1.165, 1.54) is 0 Å². The lowest BCUT2D eigenvalue weighted by molar-refractivity contribution is -0.190. The van der Waals surface area contributed by atoms with E-state index in [4.69, 9.17) is 0 Å². The van der Waals surface area contributed by atoms with Crippen LogP contribution in [0.1, 0.15) is 29.5 Å². The molecule has 44 heavy (non-hydrogen) atoms. The van der Waals surface area contributed by atoms with Gasteiger partial charge in [-0.25, -0.2) is 0 Å². The van der Waals surface area contributed by atoms with E-state index in [1.807, 2.05) is 78.9 Å². The summed E-state index contributed by atoms with van der Waals surface area (Å²) in [7, 11) is 0. The summed E-state index contributed by atoms with van der Waals surface area (Å²) in [6.07, 6.45) is -2.31. The van der Waals surface area contributed by atoms with Gasteiger partial charge in [0.05, 0.1) is 11.9 Å². The molecular weight excluding hydrogens is 563 g/mol. The predicted octanol–water partition coefficient (Wildman–Crippen LogP) is 7.12. The molecule has 0 saturated carbocycles. The number of halogens is 3. The van der Waals surface area contributed by atoms with Gasteiger partial charge in [0.15, 0.2) is 0 Å². The molecule has 0 aliphatic carbocycles. The molecule has 1 saturated heterocycles. The SMILES string of the molecule is O=C(Cc1ccc2ccccc2c1)N1CCC(N(Cc2ccnc3ccccc23)C(=O)C(F)(F)F)CC1Cc1ccccc1. The van der Waals surface area contributed by atoms with Crippen LogP contribution in [0, 0.1) is 0 Å². The van der Waals surface area contributed by atoms with Gasteiger partial charge in [0.1, 0.15) is 0 Å². The van der Waals surface area contributed by atoms with E-state index in [0.717, 1.165) is 26.8 Å². The molecule has 2 amide bonds. The number of likely N-dealkylation sites (tertiary alicyclic amines) is 1. The number of carbonyl (C=O) groups excluding carboxylic acids is 2. The second kappa shape index (κ2) is 12.5. The van der Waals surface area contributed by atoms with Crippen molar-refractivity contribution in [1.29, 1.82) is 0 Å². The number of fused-ring (bicyclic) bond motifs is 2. The molecule has 0 radical (unpaired) electrons. The minimum atomic E-state index is -5.03. The highest BCUT2D eigenvalue weighted by Crippen LogP contribution is 2.31. The van der Waals surface area contributed by atoms with Crippen molar-refractivity contribution in [2.24, 2.45) is 0 Å². The fourth-order valence-electron chi connectivity index (χ4n) is 6.35. The van der Waals surface area contributed by atoms with Crippen molar-refractivity contribution in [2.75, 3.05) is 6.54 Å². The maximum absolute atomic E-state index is 14.0. The largest absolute Gasteiger partial charge is 0.471 e. The first kappa shape index (κ1) is 29.4. The molecule has 0 bridgehead atoms. The zero-order chi connectivity index (χ0) is 30.7. The van der Waals surface area contributed by atoms with E-state index in [1.54, 1.807) is 35.4 Å². The lowest BCUT2D eigenvalue weighted by Crippen LogP contribution is -2.56. The van der Waals surface area contributed by atoms with Gasteiger partial charge in [-0.15, -0.1) is 0 Å². The van der Waals surface area contributed by atoms with Crippen molar-refractivity contribution >= 4 is 33.5 Å². The van der Waals surface area contributed by atoms with Gasteiger partial charge < -0.3 is 9.80 Å². The average molecular weight is 596 g/mol. The molecule has 6 rings (SSSR count). The smallest absolute Gasteiger partial charge is 0.339 e. The van der Waals surface area contributed by atoms with Crippen molar-refractivity contribution in [2.45, 2.75) is 50.5 Å². The van der Waals surface area contributed by atoms with Crippen LogP contribution in [0.25, 0.3) is 21.7 Å². The lowest BCUT2D eigenvalue weighted by atomic mass is 9.90. The van der Waals surface area contributed by atoms with Crippen LogP contribution in [0.5, 0.6) is 0 Å². The molecular formula is C36H32F3N3O2. The van der Waals surface area contributed by atoms with Gasteiger partial charge in [0, 0.05) is 36.8 Å². The normalized spacial score (nSPS) is 17.1. The number of benzene rings is 4. The Labute approximate surface area is 253 Å². The molecule has 2 heterocycles. The number of piperidine rings is 1. The maximum atomic E-state index is 14.0. The Morgan fingerprint density at radius 1 is 0.841 bits per heavy atom. The Balaban J connectivity index is 1.28. The molecule has 8 heteroatoms. The topological polar surface area (TPSA) is 53.5 Å². The first-order chi connectivity index (χ1) is 21.3. The Bertz CT molecular complexity index is 1790. The number of aromatic nitrogens is 1. The first-order valence-corrected chi connectivity index (χ1v) is 14.8. The summed E-state index contributed by atoms with van der Waals surface area (Å²) in [4.78, 5) is 33.8. The Morgan fingerprint density at radius 3 is 2.36 bits per heavy atom. The molecule has 5 nitrogen and oxygen atoms in total. The van der Waals surface area contributed by atoms with E-state index >= 15 is 0 Å². The van der Waals surface area contributed by atoms with E-state index in [2.05, 4.69) is 4.98 Å². The molecule has 1 fully saturated rings. The van der Waals surface area contributed by atoms with Gasteiger partial charge in [0.2, 0.25) is 5.91 Å². The molecule has 2 unspecified atom stereocenters. The number of carbonyl (C=O) groups is 2. The first-order valence-electron chi connectivity index (χ1n) is 14.8. The van der Waals surface area contributed by atoms with Crippen molar-refractivity contribution in [1.82, 2.24) is 14.8 Å². The summed E-state index contributed by atoms with van der Waals surface area (Å²) in [5.41, 5.74) is 3.12. The quantitative estimate of drug-likeness (QED) is 0.201. The number of para-hydroxylation sites is 1. The number of rotatable bonds is 7. The molecule has 0 spiro atoms. The van der Waals surface area contributed by atoms with Crippen LogP contribution in [-0.2, 0) is 29.0 Å². The van der Waals surface area contributed by atoms with Crippen LogP contribution in [0.4, 0.5) is 13.2 Å². The minimum Gasteiger partial charge on any atom is -0.339 e. The summed E-state index contributed by atoms with van der Waals surface area (Å²) in [5, 5.41) is 2.84. The van der Waals surface area contributed by atoms with Crippen molar-refractivity contribution in [3.05, 3.63) is 126 Å². The predicted molar refractivity (Wildman–Crippen MR) is 165 cm³/mol. The van der Waals surface area contributed by atoms with E-state index in [9.17, 15) is 22.8 Å². The van der Waals surface area contributed by atoms with Crippen LogP contribution < -0.4 is 0 Å². The molecule has 1 aliphatic heterocycles. The summed E-state index contributed by atoms with van der Waals surface area (Å²) in [6, 6.07) is 31.3. The number of nitrogens with zero attached hydrogens (tertiary/aromatic N) is 3. The number of alkyl halides is 3. The molecule has 4 aromatic carbocycles. The molecule has 5 aromatic rings. The molecule has 1 aliphatic rings. The Hall–Kier alpha value is -4.72. The van der Waals surface area contributed by atoms with Crippen LogP contribution in [-0.4, -0.2) is 51.4 Å². The molecule has 0 N–H and O–H groups in total. The molecule has 224 valence electrons. The van der Waals surface area contributed by atoms with Crippen LogP contribution in [0.2, 0.25) is 0 Å². The van der Waals surface area contributed by atoms with Crippen LogP contribution >= 0.6 is 0 Å². The maximum Gasteiger partial charge on any atom is 0.471 e. The van der Waals surface area contributed by atoms with E-state index in [-0.39, 0.29) is 44.3 Å². The van der Waals surface area contributed by atoms with Gasteiger partial charge in [-0.3, -0.25) is 14.6 Å². The van der Waals surface area contributed by atoms with E-state index in [0.29, 0.717) is 22.9 Å². The van der Waals surface area contributed by atoms with Gasteiger partial charge in [-0.1, -0.05) is 91.0 Å². The second-order valence-corrected chi connectivity index (χ2v) is 11.4. The highest BCUT2D eigenvalue weighted by Gasteiger charge is 2.46. The third-order valence-electron chi connectivity index (χ3n) is 8.52. The third kappa shape index (κ3) is 6.44. The average Bonchev–Trinajstić information content (AvgIpc) is 3.03. The zero-order valence-electron chi connectivity index (χ0n) is 24.1. The zero-order valence-corrected chi connectivity index (χ0v) is 24.1. The number of pyridine rings is 1. The van der Waals surface area contributed by atoms with Crippen molar-refractivity contribution < 1.29 is 22.8 Å². The summed E-state index contributed by atoms with van der Waals surface area (Å²) in [6.45, 7) is 0.0580. The number of hydrogen-bond donors (Lipinski definition) is 0. The van der Waals surface area contributed by atoms with Gasteiger partial charge >= 0.3 is 12.1 Å². The lowest BCUT2D eigenvalue weighted by Gasteiger charge is -2.44. The van der Waals surface area contributed by atoms with Crippen LogP contribution in [0.3, 0.4) is 0 Å². The van der Waals surface area contributed by atoms with Gasteiger partial charge in [0.25, 0.3) is 0 Å². The Morgan fingerprint density at radius 2 is 1.57 bits per heavy atom. The Kier molecular flexibility index (Phi) is 8.33. The standard InChI is InChI=1S/C36H32F3N3O2/c37-36(38,39)35(44)42(24-29-16-18-40-33-13-7-6-12-32(29)33)30-17-19-41(31(23-30)21-25-8-2-1-3-9-25)34(43)22-26-14-15-27-10-4-5-11-28(27)20-26/h1-16,18,20,30-31H,17,19,21-24H2. The van der Waals surface area contributed by atoms with E-state index < -0.39 is 18.1 Å². The highest BCUT2D eigenvalue weighted by atomic mass is 19.4. The van der Waals surface area contributed by atoms with Gasteiger partial charge in [-0.05, 0) is 58.9 Å². The summed E-state index contributed by atoms with van der Waals surface area (Å²) < 4.78 is 42.0. The molecule has 1 aromatic heterocycles. The monoisotopic (exact) mass is 595 g/mol. The van der Waals surface area contributed by atoms with Gasteiger partial charge in [-0.2, -0.15) is 13.2 Å². The van der Waals surface area contributed by atoms with Crippen LogP contribution in [0.15, 0.2) is 109 Å². The van der Waals surface area contributed by atoms with Crippen molar-refractivity contribution in [3.63, 3.8) is 0 Å². The fraction of sp³-hybridized carbons (Fsp3) is 0.250. The summed E-state index contributed by atoms with van der Waals surface area (Å²) >= 11 is 0. The number of hydrogen-bond acceptors (Lipinski definition) is 3. The van der Waals surface area contributed by atoms with Crippen molar-refractivity contribution in [3.8, 4) is 0 Å². The number of amides is 2. The fourth-order valence-corrected chi connectivity index (χ4v) is 6.35. The molecule has 2 atom stereocenters. The summed E-state index contributed by atoms with van der Waals surface area (Å²) in [5.74, 6) is -1.94.